The molecule has 0 fully saturated rings. The molecule has 0 bridgehead atoms. The SMILES string of the molecule is CCNC(c1ccc(Cl)cc1C)C(C)CC. The molecule has 2 atom stereocenters. The molecule has 1 N–H and O–H groups in total. The van der Waals surface area contributed by atoms with Gasteiger partial charge in [-0.2, -0.15) is 0 Å². The summed E-state index contributed by atoms with van der Waals surface area (Å²) in [7, 11) is 0. The summed E-state index contributed by atoms with van der Waals surface area (Å²) in [6.45, 7) is 9.81. The third-order valence-corrected chi connectivity index (χ3v) is 3.44. The predicted octanol–water partition coefficient (Wildman–Crippen LogP) is 4.35. The molecule has 0 amide bonds. The van der Waals surface area contributed by atoms with E-state index >= 15 is 0 Å². The first-order valence-corrected chi connectivity index (χ1v) is 6.47. The molecule has 0 aromatic heterocycles. The fourth-order valence-corrected chi connectivity index (χ4v) is 2.29. The molecule has 0 aliphatic rings. The number of benzene rings is 1. The van der Waals surface area contributed by atoms with Gasteiger partial charge >= 0.3 is 0 Å². The highest BCUT2D eigenvalue weighted by Gasteiger charge is 2.18. The van der Waals surface area contributed by atoms with Crippen LogP contribution < -0.4 is 5.32 Å². The lowest BCUT2D eigenvalue weighted by Gasteiger charge is -2.26. The third-order valence-electron chi connectivity index (χ3n) is 3.20. The van der Waals surface area contributed by atoms with Crippen molar-refractivity contribution in [3.63, 3.8) is 0 Å². The van der Waals surface area contributed by atoms with Crippen LogP contribution in [-0.4, -0.2) is 6.54 Å². The predicted molar refractivity (Wildman–Crippen MR) is 72.1 cm³/mol. The lowest BCUT2D eigenvalue weighted by Crippen LogP contribution is -2.27. The first-order chi connectivity index (χ1) is 7.60. The fourth-order valence-electron chi connectivity index (χ4n) is 2.06. The largest absolute Gasteiger partial charge is 0.310 e. The summed E-state index contributed by atoms with van der Waals surface area (Å²) in [6.07, 6.45) is 1.18. The van der Waals surface area contributed by atoms with E-state index in [4.69, 9.17) is 11.6 Å². The minimum absolute atomic E-state index is 0.437. The number of aryl methyl sites for hydroxylation is 1. The van der Waals surface area contributed by atoms with Gasteiger partial charge in [-0.1, -0.05) is 44.9 Å². The Morgan fingerprint density at radius 1 is 1.31 bits per heavy atom. The van der Waals surface area contributed by atoms with E-state index in [0.29, 0.717) is 12.0 Å². The average Bonchev–Trinajstić information content (AvgIpc) is 2.26. The zero-order valence-electron chi connectivity index (χ0n) is 10.7. The van der Waals surface area contributed by atoms with Crippen LogP contribution in [0.2, 0.25) is 5.02 Å². The van der Waals surface area contributed by atoms with Gasteiger partial charge in [0, 0.05) is 11.1 Å². The van der Waals surface area contributed by atoms with Crippen molar-refractivity contribution in [3.05, 3.63) is 34.3 Å². The molecule has 2 heteroatoms. The number of halogens is 1. The molecule has 1 rings (SSSR count). The van der Waals surface area contributed by atoms with Crippen molar-refractivity contribution >= 4 is 11.6 Å². The Morgan fingerprint density at radius 3 is 2.50 bits per heavy atom. The normalized spacial score (nSPS) is 14.8. The highest BCUT2D eigenvalue weighted by molar-refractivity contribution is 6.30. The molecule has 0 saturated carbocycles. The van der Waals surface area contributed by atoms with E-state index < -0.39 is 0 Å². The van der Waals surface area contributed by atoms with Crippen LogP contribution in [0.25, 0.3) is 0 Å². The van der Waals surface area contributed by atoms with Crippen molar-refractivity contribution in [3.8, 4) is 0 Å². The van der Waals surface area contributed by atoms with Gasteiger partial charge in [-0.05, 0) is 42.6 Å². The molecule has 1 aromatic rings. The second-order valence-electron chi connectivity index (χ2n) is 4.42. The third kappa shape index (κ3) is 3.23. The summed E-state index contributed by atoms with van der Waals surface area (Å²) >= 11 is 5.99. The fraction of sp³-hybridized carbons (Fsp3) is 0.571. The molecule has 90 valence electrons. The van der Waals surface area contributed by atoms with Gasteiger partial charge in [-0.15, -0.1) is 0 Å². The molecular formula is C14H22ClN. The van der Waals surface area contributed by atoms with Crippen molar-refractivity contribution in [2.75, 3.05) is 6.54 Å². The Morgan fingerprint density at radius 2 is 2.00 bits per heavy atom. The molecule has 1 aromatic carbocycles. The molecule has 0 radical (unpaired) electrons. The van der Waals surface area contributed by atoms with Crippen molar-refractivity contribution in [2.45, 2.75) is 40.2 Å². The molecular weight excluding hydrogens is 218 g/mol. The lowest BCUT2D eigenvalue weighted by atomic mass is 9.90. The van der Waals surface area contributed by atoms with Gasteiger partial charge in [-0.25, -0.2) is 0 Å². The number of hydrogen-bond acceptors (Lipinski definition) is 1. The zero-order valence-corrected chi connectivity index (χ0v) is 11.4. The van der Waals surface area contributed by atoms with Gasteiger partial charge in [0.2, 0.25) is 0 Å². The molecule has 0 spiro atoms. The minimum atomic E-state index is 0.437. The molecule has 1 nitrogen and oxygen atoms in total. The van der Waals surface area contributed by atoms with Crippen LogP contribution >= 0.6 is 11.6 Å². The maximum absolute atomic E-state index is 5.99. The Labute approximate surface area is 104 Å². The summed E-state index contributed by atoms with van der Waals surface area (Å²) in [5.74, 6) is 0.639. The Bertz CT molecular complexity index is 336. The van der Waals surface area contributed by atoms with Gasteiger partial charge in [0.15, 0.2) is 0 Å². The van der Waals surface area contributed by atoms with Gasteiger partial charge in [-0.3, -0.25) is 0 Å². The van der Waals surface area contributed by atoms with Crippen LogP contribution in [0.15, 0.2) is 18.2 Å². The van der Waals surface area contributed by atoms with E-state index in [1.54, 1.807) is 0 Å². The van der Waals surface area contributed by atoms with Crippen molar-refractivity contribution in [1.29, 1.82) is 0 Å². The van der Waals surface area contributed by atoms with E-state index in [1.807, 2.05) is 12.1 Å². The molecule has 0 aliphatic heterocycles. The highest BCUT2D eigenvalue weighted by atomic mass is 35.5. The van der Waals surface area contributed by atoms with Crippen molar-refractivity contribution < 1.29 is 0 Å². The summed E-state index contributed by atoms with van der Waals surface area (Å²) in [6, 6.07) is 6.62. The van der Waals surface area contributed by atoms with E-state index in [9.17, 15) is 0 Å². The quantitative estimate of drug-likeness (QED) is 0.806. The number of nitrogens with one attached hydrogen (secondary N) is 1. The lowest BCUT2D eigenvalue weighted by molar-refractivity contribution is 0.382. The summed E-state index contributed by atoms with van der Waals surface area (Å²) in [5.41, 5.74) is 2.65. The molecule has 2 unspecified atom stereocenters. The maximum atomic E-state index is 5.99. The van der Waals surface area contributed by atoms with Crippen LogP contribution in [0.1, 0.15) is 44.4 Å². The van der Waals surface area contributed by atoms with Gasteiger partial charge in [0.25, 0.3) is 0 Å². The second-order valence-corrected chi connectivity index (χ2v) is 4.86. The molecule has 16 heavy (non-hydrogen) atoms. The van der Waals surface area contributed by atoms with Crippen LogP contribution in [0.5, 0.6) is 0 Å². The zero-order chi connectivity index (χ0) is 12.1. The topological polar surface area (TPSA) is 12.0 Å². The minimum Gasteiger partial charge on any atom is -0.310 e. The standard InChI is InChI=1S/C14H22ClN/c1-5-10(3)14(16-6-2)13-8-7-12(15)9-11(13)4/h7-10,14,16H,5-6H2,1-4H3. The average molecular weight is 240 g/mol. The van der Waals surface area contributed by atoms with Gasteiger partial charge in [0.05, 0.1) is 0 Å². The van der Waals surface area contributed by atoms with E-state index in [2.05, 4.69) is 39.1 Å². The van der Waals surface area contributed by atoms with E-state index in [-0.39, 0.29) is 0 Å². The van der Waals surface area contributed by atoms with Crippen LogP contribution in [0, 0.1) is 12.8 Å². The maximum Gasteiger partial charge on any atom is 0.0408 e. The molecule has 0 heterocycles. The second kappa shape index (κ2) is 6.27. The van der Waals surface area contributed by atoms with Gasteiger partial charge in [0.1, 0.15) is 0 Å². The number of hydrogen-bond donors (Lipinski definition) is 1. The highest BCUT2D eigenvalue weighted by Crippen LogP contribution is 2.28. The van der Waals surface area contributed by atoms with Crippen LogP contribution in [-0.2, 0) is 0 Å². The summed E-state index contributed by atoms with van der Waals surface area (Å²) < 4.78 is 0. The Kier molecular flexibility index (Phi) is 5.30. The van der Waals surface area contributed by atoms with Gasteiger partial charge < -0.3 is 5.32 Å². The van der Waals surface area contributed by atoms with Crippen LogP contribution in [0.4, 0.5) is 0 Å². The Hall–Kier alpha value is -0.530. The van der Waals surface area contributed by atoms with E-state index in [1.165, 1.54) is 17.5 Å². The molecule has 0 saturated heterocycles. The number of rotatable bonds is 5. The van der Waals surface area contributed by atoms with Crippen molar-refractivity contribution in [1.82, 2.24) is 5.32 Å². The monoisotopic (exact) mass is 239 g/mol. The van der Waals surface area contributed by atoms with Crippen LogP contribution in [0.3, 0.4) is 0 Å². The first kappa shape index (κ1) is 13.5. The van der Waals surface area contributed by atoms with Crippen molar-refractivity contribution in [2.24, 2.45) is 5.92 Å². The summed E-state index contributed by atoms with van der Waals surface area (Å²) in [5, 5.41) is 4.39. The molecule has 0 aliphatic carbocycles. The smallest absolute Gasteiger partial charge is 0.0408 e. The summed E-state index contributed by atoms with van der Waals surface area (Å²) in [4.78, 5) is 0. The van der Waals surface area contributed by atoms with E-state index in [0.717, 1.165) is 11.6 Å². The Balaban J connectivity index is 3.00. The first-order valence-electron chi connectivity index (χ1n) is 6.09.